The highest BCUT2D eigenvalue weighted by molar-refractivity contribution is 9.10. The third-order valence-corrected chi connectivity index (χ3v) is 7.61. The van der Waals surface area contributed by atoms with Gasteiger partial charge in [-0.3, -0.25) is 14.4 Å². The Labute approximate surface area is 207 Å². The van der Waals surface area contributed by atoms with Gasteiger partial charge in [0, 0.05) is 17.2 Å². The van der Waals surface area contributed by atoms with Crippen LogP contribution in [0.1, 0.15) is 37.8 Å². The van der Waals surface area contributed by atoms with Crippen LogP contribution in [0, 0.1) is 6.92 Å². The molecular formula is C25H26BrN5OS. The molecule has 0 atom stereocenters. The third-order valence-electron chi connectivity index (χ3n) is 6.80. The van der Waals surface area contributed by atoms with Crippen LogP contribution in [0.2, 0.25) is 0 Å². The van der Waals surface area contributed by atoms with E-state index in [0.29, 0.717) is 10.8 Å². The molecular weight excluding hydrogens is 498 g/mol. The van der Waals surface area contributed by atoms with Crippen molar-refractivity contribution in [3.8, 4) is 5.69 Å². The number of hydrogen-bond acceptors (Lipinski definition) is 3. The number of aromatic nitrogens is 2. The molecule has 1 N–H and O–H groups in total. The summed E-state index contributed by atoms with van der Waals surface area (Å²) in [6, 6.07) is 17.8. The first-order valence-electron chi connectivity index (χ1n) is 11.2. The van der Waals surface area contributed by atoms with Crippen LogP contribution < -0.4 is 15.8 Å². The van der Waals surface area contributed by atoms with Gasteiger partial charge in [-0.05, 0) is 68.4 Å². The Balaban J connectivity index is 1.62. The predicted molar refractivity (Wildman–Crippen MR) is 142 cm³/mol. The number of thiocarbonyl (C=S) groups is 1. The SMILES string of the molecule is Cc1c(N2C(=S)N=C(Nc3ccc(Br)cc3)C23CCCCC3)c(=O)n(-c2ccccc2)n1C. The fraction of sp³-hybridized carbons (Fsp3) is 0.320. The Morgan fingerprint density at radius 2 is 1.70 bits per heavy atom. The average molecular weight is 524 g/mol. The van der Waals surface area contributed by atoms with Gasteiger partial charge in [0.05, 0.1) is 11.4 Å². The highest BCUT2D eigenvalue weighted by atomic mass is 79.9. The maximum atomic E-state index is 13.8. The van der Waals surface area contributed by atoms with Crippen LogP contribution in [0.5, 0.6) is 0 Å². The molecule has 1 aliphatic heterocycles. The minimum Gasteiger partial charge on any atom is -0.342 e. The Bertz CT molecular complexity index is 1290. The average Bonchev–Trinajstić information content (AvgIpc) is 3.19. The van der Waals surface area contributed by atoms with E-state index in [2.05, 4.69) is 21.2 Å². The minimum absolute atomic E-state index is 0.0754. The zero-order valence-corrected chi connectivity index (χ0v) is 21.1. The number of nitrogens with one attached hydrogen (secondary N) is 1. The number of benzene rings is 2. The number of para-hydroxylation sites is 1. The summed E-state index contributed by atoms with van der Waals surface area (Å²) >= 11 is 9.31. The molecule has 0 amide bonds. The van der Waals surface area contributed by atoms with Gasteiger partial charge in [-0.1, -0.05) is 53.4 Å². The Kier molecular flexibility index (Phi) is 5.74. The topological polar surface area (TPSA) is 54.6 Å². The van der Waals surface area contributed by atoms with E-state index in [-0.39, 0.29) is 5.56 Å². The molecule has 1 aromatic heterocycles. The summed E-state index contributed by atoms with van der Waals surface area (Å²) in [6.07, 6.45) is 5.11. The minimum atomic E-state index is -0.442. The van der Waals surface area contributed by atoms with Crippen LogP contribution in [0.25, 0.3) is 5.69 Å². The lowest BCUT2D eigenvalue weighted by atomic mass is 9.79. The van der Waals surface area contributed by atoms with Crippen molar-refractivity contribution >= 4 is 50.5 Å². The van der Waals surface area contributed by atoms with Crippen LogP contribution in [0.15, 0.2) is 68.9 Å². The molecule has 1 fully saturated rings. The highest BCUT2D eigenvalue weighted by Crippen LogP contribution is 2.42. The van der Waals surface area contributed by atoms with Gasteiger partial charge in [0.2, 0.25) is 5.11 Å². The second-order valence-electron chi connectivity index (χ2n) is 8.71. The summed E-state index contributed by atoms with van der Waals surface area (Å²) in [6.45, 7) is 1.98. The van der Waals surface area contributed by atoms with Crippen molar-refractivity contribution in [3.63, 3.8) is 0 Å². The van der Waals surface area contributed by atoms with E-state index in [1.165, 1.54) is 6.42 Å². The standard InChI is InChI=1S/C25H26BrN5OS/c1-17-21(22(32)31(29(17)2)20-9-5-3-6-10-20)30-24(33)28-23(25(30)15-7-4-8-16-25)27-19-13-11-18(26)12-14-19/h3,5-6,9-14H,4,7-8,15-16H2,1-2H3,(H,27,28,33). The maximum Gasteiger partial charge on any atom is 0.295 e. The van der Waals surface area contributed by atoms with E-state index in [4.69, 9.17) is 17.2 Å². The van der Waals surface area contributed by atoms with Crippen molar-refractivity contribution in [1.82, 2.24) is 9.36 Å². The van der Waals surface area contributed by atoms with Gasteiger partial charge in [-0.15, -0.1) is 0 Å². The molecule has 0 radical (unpaired) electrons. The van der Waals surface area contributed by atoms with Crippen molar-refractivity contribution in [2.75, 3.05) is 10.2 Å². The van der Waals surface area contributed by atoms with Crippen LogP contribution in [0.4, 0.5) is 11.4 Å². The van der Waals surface area contributed by atoms with E-state index in [1.54, 1.807) is 4.68 Å². The van der Waals surface area contributed by atoms with Crippen LogP contribution >= 0.6 is 28.1 Å². The van der Waals surface area contributed by atoms with E-state index in [9.17, 15) is 4.79 Å². The van der Waals surface area contributed by atoms with Crippen molar-refractivity contribution < 1.29 is 0 Å². The summed E-state index contributed by atoms with van der Waals surface area (Å²) in [4.78, 5) is 20.7. The molecule has 8 heteroatoms. The molecule has 1 saturated carbocycles. The molecule has 2 aliphatic rings. The van der Waals surface area contributed by atoms with E-state index < -0.39 is 5.54 Å². The van der Waals surface area contributed by atoms with Crippen LogP contribution in [0.3, 0.4) is 0 Å². The lowest BCUT2D eigenvalue weighted by molar-refractivity contribution is 0.386. The van der Waals surface area contributed by atoms with Gasteiger partial charge in [0.1, 0.15) is 17.1 Å². The highest BCUT2D eigenvalue weighted by Gasteiger charge is 2.51. The van der Waals surface area contributed by atoms with E-state index >= 15 is 0 Å². The molecule has 5 rings (SSSR count). The predicted octanol–water partition coefficient (Wildman–Crippen LogP) is 5.57. The quantitative estimate of drug-likeness (QED) is 0.456. The van der Waals surface area contributed by atoms with Gasteiger partial charge in [-0.2, -0.15) is 0 Å². The third kappa shape index (κ3) is 3.65. The number of halogens is 1. The van der Waals surface area contributed by atoms with Gasteiger partial charge >= 0.3 is 0 Å². The number of rotatable bonds is 3. The monoisotopic (exact) mass is 523 g/mol. The zero-order chi connectivity index (χ0) is 23.2. The van der Waals surface area contributed by atoms with Gasteiger partial charge in [-0.25, -0.2) is 9.67 Å². The largest absolute Gasteiger partial charge is 0.342 e. The first-order chi connectivity index (χ1) is 15.9. The smallest absolute Gasteiger partial charge is 0.295 e. The summed E-state index contributed by atoms with van der Waals surface area (Å²) < 4.78 is 4.64. The van der Waals surface area contributed by atoms with Crippen LogP contribution in [-0.4, -0.2) is 25.9 Å². The lowest BCUT2D eigenvalue weighted by Gasteiger charge is -2.42. The first-order valence-corrected chi connectivity index (χ1v) is 12.4. The van der Waals surface area contributed by atoms with Gasteiger partial charge < -0.3 is 5.32 Å². The molecule has 33 heavy (non-hydrogen) atoms. The van der Waals surface area contributed by atoms with Crippen molar-refractivity contribution in [3.05, 3.63) is 75.1 Å². The molecule has 1 spiro atoms. The van der Waals surface area contributed by atoms with Gasteiger partial charge in [0.15, 0.2) is 0 Å². The van der Waals surface area contributed by atoms with E-state index in [1.807, 2.05) is 78.2 Å². The fourth-order valence-electron chi connectivity index (χ4n) is 5.07. The van der Waals surface area contributed by atoms with E-state index in [0.717, 1.165) is 53.1 Å². The number of amidine groups is 1. The number of hydrogen-bond donors (Lipinski definition) is 1. The normalized spacial score (nSPS) is 17.5. The Morgan fingerprint density at radius 1 is 1.03 bits per heavy atom. The molecule has 1 aliphatic carbocycles. The molecule has 0 bridgehead atoms. The second kappa shape index (κ2) is 8.57. The molecule has 3 aromatic rings. The van der Waals surface area contributed by atoms with Gasteiger partial charge in [0.25, 0.3) is 5.56 Å². The first kappa shape index (κ1) is 22.1. The number of anilines is 2. The maximum absolute atomic E-state index is 13.8. The molecule has 2 heterocycles. The van der Waals surface area contributed by atoms with Crippen molar-refractivity contribution in [1.29, 1.82) is 0 Å². The summed E-state index contributed by atoms with van der Waals surface area (Å²) in [5.41, 5.74) is 2.76. The van der Waals surface area contributed by atoms with Crippen molar-refractivity contribution in [2.24, 2.45) is 12.0 Å². The second-order valence-corrected chi connectivity index (χ2v) is 9.99. The summed E-state index contributed by atoms with van der Waals surface area (Å²) in [5, 5.41) is 3.98. The summed E-state index contributed by atoms with van der Waals surface area (Å²) in [5.74, 6) is 0.837. The van der Waals surface area contributed by atoms with Crippen LogP contribution in [-0.2, 0) is 7.05 Å². The fourth-order valence-corrected chi connectivity index (χ4v) is 5.69. The molecule has 0 saturated heterocycles. The zero-order valence-electron chi connectivity index (χ0n) is 18.7. The molecule has 2 aromatic carbocycles. The molecule has 6 nitrogen and oxygen atoms in total. The Hall–Kier alpha value is -2.71. The van der Waals surface area contributed by atoms with Crippen molar-refractivity contribution in [2.45, 2.75) is 44.6 Å². The Morgan fingerprint density at radius 3 is 2.36 bits per heavy atom. The lowest BCUT2D eigenvalue weighted by Crippen LogP contribution is -2.56. The summed E-state index contributed by atoms with van der Waals surface area (Å²) in [7, 11) is 1.92. The number of nitrogens with zero attached hydrogens (tertiary/aromatic N) is 4. The number of aliphatic imine (C=N–C) groups is 1. The molecule has 170 valence electrons. The molecule has 0 unspecified atom stereocenters.